The monoisotopic (exact) mass is 293 g/mol. The summed E-state index contributed by atoms with van der Waals surface area (Å²) in [6.45, 7) is 3.32. The van der Waals surface area contributed by atoms with Crippen LogP contribution in [0.1, 0.15) is 17.7 Å². The van der Waals surface area contributed by atoms with E-state index in [2.05, 4.69) is 16.3 Å². The van der Waals surface area contributed by atoms with Crippen LogP contribution in [0.5, 0.6) is 0 Å². The van der Waals surface area contributed by atoms with Gasteiger partial charge in [0.2, 0.25) is 5.91 Å². The molecule has 1 aromatic heterocycles. The molecule has 110 valence electrons. The van der Waals surface area contributed by atoms with E-state index in [4.69, 9.17) is 5.73 Å². The van der Waals surface area contributed by atoms with Crippen molar-refractivity contribution in [1.29, 1.82) is 0 Å². The van der Waals surface area contributed by atoms with Crippen LogP contribution >= 0.6 is 11.3 Å². The van der Waals surface area contributed by atoms with Crippen LogP contribution in [0.3, 0.4) is 0 Å². The molecule has 0 aromatic carbocycles. The average molecular weight is 293 g/mol. The van der Waals surface area contributed by atoms with Crippen molar-refractivity contribution >= 4 is 17.2 Å². The second-order valence-electron chi connectivity index (χ2n) is 6.19. The van der Waals surface area contributed by atoms with Crippen LogP contribution in [0.25, 0.3) is 0 Å². The largest absolute Gasteiger partial charge is 0.340 e. The molecule has 2 heterocycles. The molecule has 3 unspecified atom stereocenters. The minimum absolute atomic E-state index is 0.215. The van der Waals surface area contributed by atoms with Gasteiger partial charge in [0.1, 0.15) is 0 Å². The van der Waals surface area contributed by atoms with Gasteiger partial charge in [-0.15, -0.1) is 11.3 Å². The van der Waals surface area contributed by atoms with Gasteiger partial charge in [-0.05, 0) is 36.1 Å². The molecular formula is C15H23N3OS. The van der Waals surface area contributed by atoms with E-state index in [0.29, 0.717) is 18.5 Å². The highest BCUT2D eigenvalue weighted by molar-refractivity contribution is 7.09. The second kappa shape index (κ2) is 5.84. The maximum absolute atomic E-state index is 12.3. The standard InChI is InChI=1S/C15H23N3OS/c1-17(8-12-3-2-6-20-12)15(19)10-18-7-11-4-5-14(16)13(11)9-18/h2-3,6,11,13-14H,4-5,7-10,16H2,1H3. The third kappa shape index (κ3) is 2.90. The highest BCUT2D eigenvalue weighted by Gasteiger charge is 2.41. The number of hydrogen-bond acceptors (Lipinski definition) is 4. The van der Waals surface area contributed by atoms with Crippen LogP contribution in [0.4, 0.5) is 0 Å². The van der Waals surface area contributed by atoms with Crippen molar-refractivity contribution < 1.29 is 4.79 Å². The summed E-state index contributed by atoms with van der Waals surface area (Å²) in [5.41, 5.74) is 6.14. The van der Waals surface area contributed by atoms with E-state index in [1.165, 1.54) is 11.3 Å². The highest BCUT2D eigenvalue weighted by Crippen LogP contribution is 2.36. The molecular weight excluding hydrogens is 270 g/mol. The van der Waals surface area contributed by atoms with E-state index in [1.807, 2.05) is 18.0 Å². The Balaban J connectivity index is 1.50. The lowest BCUT2D eigenvalue weighted by Gasteiger charge is -2.22. The Kier molecular flexibility index (Phi) is 4.10. The number of thiophene rings is 1. The van der Waals surface area contributed by atoms with Crippen molar-refractivity contribution in [2.75, 3.05) is 26.7 Å². The third-order valence-corrected chi connectivity index (χ3v) is 5.61. The molecule has 4 nitrogen and oxygen atoms in total. The van der Waals surface area contributed by atoms with Crippen LogP contribution in [-0.2, 0) is 11.3 Å². The quantitative estimate of drug-likeness (QED) is 0.912. The van der Waals surface area contributed by atoms with Gasteiger partial charge in [-0.2, -0.15) is 0 Å². The van der Waals surface area contributed by atoms with E-state index in [0.717, 1.165) is 32.0 Å². The molecule has 20 heavy (non-hydrogen) atoms. The first-order chi connectivity index (χ1) is 9.63. The smallest absolute Gasteiger partial charge is 0.236 e. The highest BCUT2D eigenvalue weighted by atomic mass is 32.1. The predicted octanol–water partition coefficient (Wildman–Crippen LogP) is 1.38. The van der Waals surface area contributed by atoms with Gasteiger partial charge in [-0.3, -0.25) is 9.69 Å². The lowest BCUT2D eigenvalue weighted by atomic mass is 9.98. The summed E-state index contributed by atoms with van der Waals surface area (Å²) in [4.78, 5) is 17.6. The number of nitrogens with zero attached hydrogens (tertiary/aromatic N) is 2. The van der Waals surface area contributed by atoms with Crippen molar-refractivity contribution in [2.24, 2.45) is 17.6 Å². The van der Waals surface area contributed by atoms with Crippen LogP contribution in [0, 0.1) is 11.8 Å². The Labute approximate surface area is 124 Å². The molecule has 2 N–H and O–H groups in total. The summed E-state index contributed by atoms with van der Waals surface area (Å²) in [6, 6.07) is 4.46. The number of hydrogen-bond donors (Lipinski definition) is 1. The summed E-state index contributed by atoms with van der Waals surface area (Å²) in [5.74, 6) is 1.55. The Bertz CT molecular complexity index is 462. The Morgan fingerprint density at radius 1 is 1.50 bits per heavy atom. The van der Waals surface area contributed by atoms with Crippen molar-refractivity contribution in [2.45, 2.75) is 25.4 Å². The Morgan fingerprint density at radius 3 is 3.05 bits per heavy atom. The van der Waals surface area contributed by atoms with Crippen molar-refractivity contribution in [3.8, 4) is 0 Å². The van der Waals surface area contributed by atoms with E-state index >= 15 is 0 Å². The maximum atomic E-state index is 12.3. The van der Waals surface area contributed by atoms with Crippen LogP contribution < -0.4 is 5.73 Å². The molecule has 0 spiro atoms. The zero-order chi connectivity index (χ0) is 14.1. The van der Waals surface area contributed by atoms with E-state index in [-0.39, 0.29) is 5.91 Å². The fourth-order valence-electron chi connectivity index (χ4n) is 3.57. The molecule has 2 fully saturated rings. The molecule has 3 rings (SSSR count). The van der Waals surface area contributed by atoms with Crippen LogP contribution in [0.2, 0.25) is 0 Å². The maximum Gasteiger partial charge on any atom is 0.236 e. The lowest BCUT2D eigenvalue weighted by Crippen LogP contribution is -2.38. The third-order valence-electron chi connectivity index (χ3n) is 4.75. The minimum Gasteiger partial charge on any atom is -0.340 e. The Morgan fingerprint density at radius 2 is 2.35 bits per heavy atom. The molecule has 0 radical (unpaired) electrons. The summed E-state index contributed by atoms with van der Waals surface area (Å²) in [6.07, 6.45) is 2.40. The lowest BCUT2D eigenvalue weighted by molar-refractivity contribution is -0.131. The van der Waals surface area contributed by atoms with Gasteiger partial charge in [0.05, 0.1) is 13.1 Å². The number of carbonyl (C=O) groups is 1. The normalized spacial score (nSPS) is 29.6. The number of carbonyl (C=O) groups excluding carboxylic acids is 1. The molecule has 2 aliphatic rings. The molecule has 3 atom stereocenters. The zero-order valence-corrected chi connectivity index (χ0v) is 12.8. The molecule has 1 saturated heterocycles. The number of likely N-dealkylation sites (tertiary alicyclic amines) is 1. The van der Waals surface area contributed by atoms with E-state index in [1.54, 1.807) is 11.3 Å². The molecule has 1 saturated carbocycles. The summed E-state index contributed by atoms with van der Waals surface area (Å²) >= 11 is 1.70. The average Bonchev–Trinajstić information content (AvgIpc) is 3.10. The van der Waals surface area contributed by atoms with Crippen molar-refractivity contribution in [3.05, 3.63) is 22.4 Å². The second-order valence-corrected chi connectivity index (χ2v) is 7.22. The van der Waals surface area contributed by atoms with Gasteiger partial charge in [0.25, 0.3) is 0 Å². The molecule has 1 aromatic rings. The SMILES string of the molecule is CN(Cc1cccs1)C(=O)CN1CC2CCC(N)C2C1. The summed E-state index contributed by atoms with van der Waals surface area (Å²) < 4.78 is 0. The zero-order valence-electron chi connectivity index (χ0n) is 12.0. The van der Waals surface area contributed by atoms with Crippen molar-refractivity contribution in [1.82, 2.24) is 9.80 Å². The van der Waals surface area contributed by atoms with Crippen LogP contribution in [0.15, 0.2) is 17.5 Å². The molecule has 1 amide bonds. The minimum atomic E-state index is 0.215. The number of likely N-dealkylation sites (N-methyl/N-ethyl adjacent to an activating group) is 1. The van der Waals surface area contributed by atoms with Gasteiger partial charge in [0.15, 0.2) is 0 Å². The topological polar surface area (TPSA) is 49.6 Å². The van der Waals surface area contributed by atoms with E-state index < -0.39 is 0 Å². The van der Waals surface area contributed by atoms with E-state index in [9.17, 15) is 4.79 Å². The van der Waals surface area contributed by atoms with Crippen molar-refractivity contribution in [3.63, 3.8) is 0 Å². The number of rotatable bonds is 4. The Hall–Kier alpha value is -0.910. The fraction of sp³-hybridized carbons (Fsp3) is 0.667. The number of nitrogens with two attached hydrogens (primary N) is 1. The first kappa shape index (κ1) is 14.0. The predicted molar refractivity (Wildman–Crippen MR) is 81.4 cm³/mol. The fourth-order valence-corrected chi connectivity index (χ4v) is 4.32. The van der Waals surface area contributed by atoms with Crippen LogP contribution in [-0.4, -0.2) is 48.4 Å². The number of fused-ring (bicyclic) bond motifs is 1. The first-order valence-electron chi connectivity index (χ1n) is 7.38. The molecule has 1 aliphatic carbocycles. The van der Waals surface area contributed by atoms with Gasteiger partial charge < -0.3 is 10.6 Å². The molecule has 5 heteroatoms. The van der Waals surface area contributed by atoms with Gasteiger partial charge in [-0.25, -0.2) is 0 Å². The van der Waals surface area contributed by atoms with Gasteiger partial charge in [-0.1, -0.05) is 6.07 Å². The first-order valence-corrected chi connectivity index (χ1v) is 8.25. The van der Waals surface area contributed by atoms with Gasteiger partial charge in [0, 0.05) is 31.1 Å². The summed E-state index contributed by atoms with van der Waals surface area (Å²) in [7, 11) is 1.89. The van der Waals surface area contributed by atoms with Gasteiger partial charge >= 0.3 is 0 Å². The number of amides is 1. The molecule has 1 aliphatic heterocycles. The summed E-state index contributed by atoms with van der Waals surface area (Å²) in [5, 5.41) is 2.05. The molecule has 0 bridgehead atoms.